The van der Waals surface area contributed by atoms with E-state index >= 15 is 0 Å². The first-order valence-corrected chi connectivity index (χ1v) is 8.49. The molecule has 0 aliphatic carbocycles. The molecule has 0 aliphatic heterocycles. The average Bonchev–Trinajstić information content (AvgIpc) is 2.33. The molecule has 0 saturated carbocycles. The third kappa shape index (κ3) is 6.62. The van der Waals surface area contributed by atoms with Gasteiger partial charge in [-0.1, -0.05) is 28.1 Å². The minimum Gasteiger partial charge on any atom is -0.458 e. The Hall–Kier alpha value is -0.660. The van der Waals surface area contributed by atoms with Gasteiger partial charge in [-0.25, -0.2) is 9.00 Å². The highest BCUT2D eigenvalue weighted by Gasteiger charge is 2.24. The van der Waals surface area contributed by atoms with Gasteiger partial charge in [0.05, 0.1) is 10.9 Å². The summed E-state index contributed by atoms with van der Waals surface area (Å²) in [4.78, 5) is 12.2. The number of hydrogen-bond acceptors (Lipinski definition) is 3. The highest BCUT2D eigenvalue weighted by atomic mass is 79.9. The molecule has 1 rings (SSSR count). The summed E-state index contributed by atoms with van der Waals surface area (Å²) in [5.74, 6) is -0.569. The van der Waals surface area contributed by atoms with Gasteiger partial charge in [-0.2, -0.15) is 17.9 Å². The number of esters is 1. The van der Waals surface area contributed by atoms with Crippen molar-refractivity contribution in [2.75, 3.05) is 0 Å². The molecule has 1 aromatic rings. The Labute approximate surface area is 149 Å². The lowest BCUT2D eigenvalue weighted by Gasteiger charge is -2.15. The molecule has 0 amide bonds. The van der Waals surface area contributed by atoms with Crippen LogP contribution in [-0.2, 0) is 20.5 Å². The number of carbonyl (C=O) groups is 1. The summed E-state index contributed by atoms with van der Waals surface area (Å²) >= 11 is 3.35. The predicted octanol–water partition coefficient (Wildman–Crippen LogP) is 3.76. The molecule has 0 bridgehead atoms. The van der Waals surface area contributed by atoms with E-state index in [9.17, 15) is 9.00 Å². The number of ether oxygens (including phenoxy) is 1. The van der Waals surface area contributed by atoms with E-state index in [1.807, 2.05) is 6.07 Å². The summed E-state index contributed by atoms with van der Waals surface area (Å²) in [5, 5.41) is 0. The first-order chi connectivity index (χ1) is 9.61. The van der Waals surface area contributed by atoms with Gasteiger partial charge in [-0.15, -0.1) is 0 Å². The van der Waals surface area contributed by atoms with Crippen LogP contribution in [0.2, 0.25) is 0 Å². The number of halogens is 1. The van der Waals surface area contributed by atoms with Crippen molar-refractivity contribution in [3.8, 4) is 0 Å². The summed E-state index contributed by atoms with van der Waals surface area (Å²) in [6.07, 6.45) is -0.266. The van der Waals surface area contributed by atoms with Crippen LogP contribution in [0.5, 0.6) is 0 Å². The standard InChI is InChI=1S/C15H20BrNO3S.H2S/c1-10(2)20-14(18)13(17-21(19)15(3,4)5)11-7-6-8-12(16)9-11;/h6-10H,1-5H3;1H2. The molecule has 7 heteroatoms. The lowest BCUT2D eigenvalue weighted by Crippen LogP contribution is -2.26. The van der Waals surface area contributed by atoms with Gasteiger partial charge in [-0.05, 0) is 46.8 Å². The molecule has 0 fully saturated rings. The zero-order valence-corrected chi connectivity index (χ0v) is 16.7. The predicted molar refractivity (Wildman–Crippen MR) is 100 cm³/mol. The van der Waals surface area contributed by atoms with Crippen molar-refractivity contribution in [1.82, 2.24) is 0 Å². The summed E-state index contributed by atoms with van der Waals surface area (Å²) in [6, 6.07) is 7.12. The van der Waals surface area contributed by atoms with Crippen LogP contribution in [0.15, 0.2) is 33.1 Å². The van der Waals surface area contributed by atoms with E-state index < -0.39 is 21.7 Å². The van der Waals surface area contributed by atoms with Gasteiger partial charge in [0.2, 0.25) is 0 Å². The van der Waals surface area contributed by atoms with E-state index in [4.69, 9.17) is 4.74 Å². The van der Waals surface area contributed by atoms with Crippen LogP contribution < -0.4 is 0 Å². The molecule has 0 spiro atoms. The van der Waals surface area contributed by atoms with Crippen LogP contribution in [-0.4, -0.2) is 26.7 Å². The number of hydrogen-bond donors (Lipinski definition) is 0. The number of rotatable bonds is 4. The molecule has 124 valence electrons. The second kappa shape index (κ2) is 8.84. The van der Waals surface area contributed by atoms with Gasteiger partial charge in [0.1, 0.15) is 11.0 Å². The zero-order valence-electron chi connectivity index (χ0n) is 13.3. The Morgan fingerprint density at radius 2 is 1.91 bits per heavy atom. The molecule has 1 atom stereocenters. The Morgan fingerprint density at radius 1 is 1.32 bits per heavy atom. The minimum atomic E-state index is -1.54. The topological polar surface area (TPSA) is 55.7 Å². The van der Waals surface area contributed by atoms with Crippen molar-refractivity contribution in [3.63, 3.8) is 0 Å². The second-order valence-electron chi connectivity index (χ2n) is 5.77. The fourth-order valence-electron chi connectivity index (χ4n) is 1.33. The van der Waals surface area contributed by atoms with Crippen molar-refractivity contribution in [2.45, 2.75) is 45.5 Å². The molecule has 0 radical (unpaired) electrons. The molecule has 0 aliphatic rings. The monoisotopic (exact) mass is 407 g/mol. The van der Waals surface area contributed by atoms with E-state index in [0.717, 1.165) is 4.47 Å². The van der Waals surface area contributed by atoms with E-state index in [2.05, 4.69) is 20.3 Å². The van der Waals surface area contributed by atoms with E-state index in [-0.39, 0.29) is 25.3 Å². The largest absolute Gasteiger partial charge is 0.458 e. The SMILES string of the molecule is CC(C)OC(=O)C(=NS(=O)C(C)(C)C)c1cccc(Br)c1.S. The van der Waals surface area contributed by atoms with Crippen molar-refractivity contribution in [2.24, 2.45) is 4.40 Å². The molecular weight excluding hydrogens is 386 g/mol. The zero-order chi connectivity index (χ0) is 16.2. The minimum absolute atomic E-state index is 0. The van der Waals surface area contributed by atoms with Crippen LogP contribution in [0.1, 0.15) is 40.2 Å². The highest BCUT2D eigenvalue weighted by molar-refractivity contribution is 9.10. The Kier molecular flexibility index (Phi) is 8.57. The lowest BCUT2D eigenvalue weighted by atomic mass is 10.1. The van der Waals surface area contributed by atoms with Crippen molar-refractivity contribution >= 4 is 52.1 Å². The van der Waals surface area contributed by atoms with E-state index in [1.54, 1.807) is 52.8 Å². The van der Waals surface area contributed by atoms with Crippen LogP contribution in [0.25, 0.3) is 0 Å². The van der Waals surface area contributed by atoms with E-state index in [0.29, 0.717) is 5.56 Å². The molecule has 1 aromatic carbocycles. The molecule has 4 nitrogen and oxygen atoms in total. The van der Waals surface area contributed by atoms with Crippen molar-refractivity contribution < 1.29 is 13.7 Å². The van der Waals surface area contributed by atoms with Crippen LogP contribution >= 0.6 is 29.4 Å². The Morgan fingerprint density at radius 3 is 2.36 bits per heavy atom. The molecule has 1 unspecified atom stereocenters. The maximum atomic E-state index is 12.2. The Balaban J connectivity index is 0.00000441. The fraction of sp³-hybridized carbons (Fsp3) is 0.467. The average molecular weight is 408 g/mol. The maximum Gasteiger partial charge on any atom is 0.358 e. The smallest absolute Gasteiger partial charge is 0.358 e. The maximum absolute atomic E-state index is 12.2. The van der Waals surface area contributed by atoms with Crippen molar-refractivity contribution in [3.05, 3.63) is 34.3 Å². The third-order valence-electron chi connectivity index (χ3n) is 2.33. The van der Waals surface area contributed by atoms with Gasteiger partial charge in [0.25, 0.3) is 0 Å². The number of nitrogens with zero attached hydrogens (tertiary/aromatic N) is 1. The fourth-order valence-corrected chi connectivity index (χ4v) is 2.35. The van der Waals surface area contributed by atoms with Gasteiger partial charge in [-0.3, -0.25) is 0 Å². The summed E-state index contributed by atoms with van der Waals surface area (Å²) in [6.45, 7) is 8.94. The number of carbonyl (C=O) groups excluding carboxylic acids is 1. The summed E-state index contributed by atoms with van der Waals surface area (Å²) in [7, 11) is -1.54. The molecule has 0 saturated heterocycles. The summed E-state index contributed by atoms with van der Waals surface area (Å²) in [5.41, 5.74) is 0.658. The molecule has 0 N–H and O–H groups in total. The van der Waals surface area contributed by atoms with Gasteiger partial charge < -0.3 is 4.74 Å². The van der Waals surface area contributed by atoms with Crippen LogP contribution in [0.3, 0.4) is 0 Å². The lowest BCUT2D eigenvalue weighted by molar-refractivity contribution is -0.138. The van der Waals surface area contributed by atoms with Crippen LogP contribution in [0.4, 0.5) is 0 Å². The van der Waals surface area contributed by atoms with Gasteiger partial charge in [0, 0.05) is 10.0 Å². The van der Waals surface area contributed by atoms with Gasteiger partial charge in [0.15, 0.2) is 5.71 Å². The van der Waals surface area contributed by atoms with E-state index in [1.165, 1.54) is 0 Å². The molecule has 0 heterocycles. The summed E-state index contributed by atoms with van der Waals surface area (Å²) < 4.78 is 21.8. The first kappa shape index (κ1) is 21.3. The quantitative estimate of drug-likeness (QED) is 0.563. The number of benzene rings is 1. The molecular formula is C15H22BrNO3S2. The molecule has 22 heavy (non-hydrogen) atoms. The first-order valence-electron chi connectivity index (χ1n) is 6.59. The highest BCUT2D eigenvalue weighted by Crippen LogP contribution is 2.17. The van der Waals surface area contributed by atoms with Gasteiger partial charge >= 0.3 is 5.97 Å². The third-order valence-corrected chi connectivity index (χ3v) is 4.22. The second-order valence-corrected chi connectivity index (χ2v) is 8.59. The molecule has 0 aromatic heterocycles. The van der Waals surface area contributed by atoms with Crippen LogP contribution in [0, 0.1) is 0 Å². The Bertz CT molecular complexity index is 580. The van der Waals surface area contributed by atoms with Crippen molar-refractivity contribution in [1.29, 1.82) is 0 Å². The normalized spacial score (nSPS) is 13.5.